The van der Waals surface area contributed by atoms with E-state index in [1.165, 1.54) is 44.1 Å². The third kappa shape index (κ3) is 3.59. The molecule has 1 aromatic rings. The highest BCUT2D eigenvalue weighted by Gasteiger charge is 2.20. The highest BCUT2D eigenvalue weighted by molar-refractivity contribution is 5.12. The van der Waals surface area contributed by atoms with Crippen LogP contribution in [0.3, 0.4) is 0 Å². The van der Waals surface area contributed by atoms with E-state index in [4.69, 9.17) is 9.15 Å². The molecule has 0 bridgehead atoms. The number of rotatable bonds is 7. The van der Waals surface area contributed by atoms with Crippen LogP contribution in [0.2, 0.25) is 0 Å². The maximum Gasteiger partial charge on any atom is 0.129 e. The predicted octanol–water partition coefficient (Wildman–Crippen LogP) is 3.24. The van der Waals surface area contributed by atoms with E-state index in [1.807, 2.05) is 6.26 Å². The molecule has 1 heterocycles. The van der Waals surface area contributed by atoms with Crippen molar-refractivity contribution in [3.63, 3.8) is 0 Å². The zero-order chi connectivity index (χ0) is 12.2. The van der Waals surface area contributed by atoms with E-state index >= 15 is 0 Å². The molecular formula is C15H23NO2. The van der Waals surface area contributed by atoms with Crippen LogP contribution >= 0.6 is 0 Å². The first-order valence-corrected chi connectivity index (χ1v) is 7.27. The second-order valence-electron chi connectivity index (χ2n) is 5.74. The molecule has 0 aliphatic heterocycles. The van der Waals surface area contributed by atoms with Gasteiger partial charge in [0.05, 0.1) is 6.26 Å². The van der Waals surface area contributed by atoms with Crippen LogP contribution in [-0.2, 0) is 17.9 Å². The summed E-state index contributed by atoms with van der Waals surface area (Å²) in [7, 11) is 0. The summed E-state index contributed by atoms with van der Waals surface area (Å²) >= 11 is 0. The number of hydrogen-bond acceptors (Lipinski definition) is 3. The molecule has 1 N–H and O–H groups in total. The fourth-order valence-corrected chi connectivity index (χ4v) is 2.65. The van der Waals surface area contributed by atoms with E-state index in [-0.39, 0.29) is 0 Å². The molecule has 3 heteroatoms. The minimum Gasteiger partial charge on any atom is -0.467 e. The molecule has 18 heavy (non-hydrogen) atoms. The van der Waals surface area contributed by atoms with Crippen LogP contribution in [0.4, 0.5) is 0 Å². The molecule has 2 fully saturated rings. The Bertz CT molecular complexity index is 364. The van der Waals surface area contributed by atoms with E-state index in [1.54, 1.807) is 0 Å². The van der Waals surface area contributed by atoms with E-state index in [0.717, 1.165) is 30.9 Å². The number of ether oxygens (including phenoxy) is 1. The van der Waals surface area contributed by atoms with Crippen LogP contribution < -0.4 is 5.32 Å². The largest absolute Gasteiger partial charge is 0.467 e. The standard InChI is InChI=1S/C15H23NO2/c1-2-4-12(3-1)9-17-11-15-7-13(10-18-15)8-16-14-5-6-14/h7,10,12,14,16H,1-6,8-9,11H2. The normalized spacial score (nSPS) is 20.7. The Morgan fingerprint density at radius 1 is 1.22 bits per heavy atom. The summed E-state index contributed by atoms with van der Waals surface area (Å²) in [6, 6.07) is 2.87. The van der Waals surface area contributed by atoms with Gasteiger partial charge in [-0.05, 0) is 37.7 Å². The zero-order valence-electron chi connectivity index (χ0n) is 11.0. The molecule has 1 aromatic heterocycles. The van der Waals surface area contributed by atoms with Gasteiger partial charge in [-0.3, -0.25) is 0 Å². The van der Waals surface area contributed by atoms with Gasteiger partial charge in [0.2, 0.25) is 0 Å². The first kappa shape index (κ1) is 12.2. The van der Waals surface area contributed by atoms with Gasteiger partial charge in [0.1, 0.15) is 12.4 Å². The molecule has 3 rings (SSSR count). The molecule has 3 nitrogen and oxygen atoms in total. The van der Waals surface area contributed by atoms with Crippen molar-refractivity contribution in [3.05, 3.63) is 23.7 Å². The SMILES string of the molecule is c1oc(COCC2CCCC2)cc1CNC1CC1. The second kappa shape index (κ2) is 5.89. The van der Waals surface area contributed by atoms with Gasteiger partial charge in [0.25, 0.3) is 0 Å². The Balaban J connectivity index is 1.36. The molecular weight excluding hydrogens is 226 g/mol. The lowest BCUT2D eigenvalue weighted by Gasteiger charge is -2.08. The van der Waals surface area contributed by atoms with Crippen molar-refractivity contribution >= 4 is 0 Å². The van der Waals surface area contributed by atoms with Gasteiger partial charge < -0.3 is 14.5 Å². The first-order valence-electron chi connectivity index (χ1n) is 7.27. The van der Waals surface area contributed by atoms with Crippen LogP contribution in [0.1, 0.15) is 49.8 Å². The number of nitrogens with one attached hydrogen (secondary N) is 1. The fourth-order valence-electron chi connectivity index (χ4n) is 2.65. The van der Waals surface area contributed by atoms with Crippen molar-refractivity contribution in [3.8, 4) is 0 Å². The minimum atomic E-state index is 0.625. The first-order chi connectivity index (χ1) is 8.90. The minimum absolute atomic E-state index is 0.625. The average Bonchev–Trinajstić information content (AvgIpc) is 2.89. The van der Waals surface area contributed by atoms with E-state index < -0.39 is 0 Å². The van der Waals surface area contributed by atoms with Gasteiger partial charge >= 0.3 is 0 Å². The summed E-state index contributed by atoms with van der Waals surface area (Å²) < 4.78 is 11.3. The van der Waals surface area contributed by atoms with E-state index in [0.29, 0.717) is 6.61 Å². The Morgan fingerprint density at radius 2 is 2.06 bits per heavy atom. The molecule has 0 unspecified atom stereocenters. The van der Waals surface area contributed by atoms with Crippen LogP contribution in [0.15, 0.2) is 16.7 Å². The molecule has 0 atom stereocenters. The Hall–Kier alpha value is -0.800. The van der Waals surface area contributed by atoms with Gasteiger partial charge in [-0.25, -0.2) is 0 Å². The van der Waals surface area contributed by atoms with Crippen LogP contribution in [-0.4, -0.2) is 12.6 Å². The summed E-state index contributed by atoms with van der Waals surface area (Å²) in [5.41, 5.74) is 1.24. The van der Waals surface area contributed by atoms with Crippen molar-refractivity contribution in [2.24, 2.45) is 5.92 Å². The second-order valence-corrected chi connectivity index (χ2v) is 5.74. The maximum atomic E-state index is 5.74. The Labute approximate surface area is 109 Å². The maximum absolute atomic E-state index is 5.74. The monoisotopic (exact) mass is 249 g/mol. The van der Waals surface area contributed by atoms with E-state index in [2.05, 4.69) is 11.4 Å². The summed E-state index contributed by atoms with van der Waals surface area (Å²) in [4.78, 5) is 0. The summed E-state index contributed by atoms with van der Waals surface area (Å²) in [5, 5.41) is 3.49. The molecule has 0 aromatic carbocycles. The highest BCUT2D eigenvalue weighted by Crippen LogP contribution is 2.25. The lowest BCUT2D eigenvalue weighted by Crippen LogP contribution is -2.14. The Morgan fingerprint density at radius 3 is 2.83 bits per heavy atom. The van der Waals surface area contributed by atoms with Crippen molar-refractivity contribution in [2.75, 3.05) is 6.61 Å². The van der Waals surface area contributed by atoms with Crippen LogP contribution in [0.5, 0.6) is 0 Å². The van der Waals surface area contributed by atoms with Gasteiger partial charge in [0.15, 0.2) is 0 Å². The molecule has 2 aliphatic rings. The number of furan rings is 1. The number of hydrogen-bond donors (Lipinski definition) is 1. The smallest absolute Gasteiger partial charge is 0.129 e. The highest BCUT2D eigenvalue weighted by atomic mass is 16.5. The predicted molar refractivity (Wildman–Crippen MR) is 70.2 cm³/mol. The van der Waals surface area contributed by atoms with Crippen molar-refractivity contribution in [1.29, 1.82) is 0 Å². The van der Waals surface area contributed by atoms with E-state index in [9.17, 15) is 0 Å². The molecule has 2 aliphatic carbocycles. The molecule has 0 spiro atoms. The van der Waals surface area contributed by atoms with Gasteiger partial charge in [-0.2, -0.15) is 0 Å². The van der Waals surface area contributed by atoms with Gasteiger partial charge in [-0.15, -0.1) is 0 Å². The lowest BCUT2D eigenvalue weighted by atomic mass is 10.1. The van der Waals surface area contributed by atoms with Crippen LogP contribution in [0.25, 0.3) is 0 Å². The molecule has 2 saturated carbocycles. The molecule has 0 saturated heterocycles. The van der Waals surface area contributed by atoms with Gasteiger partial charge in [-0.1, -0.05) is 12.8 Å². The third-order valence-electron chi connectivity index (χ3n) is 3.95. The third-order valence-corrected chi connectivity index (χ3v) is 3.95. The zero-order valence-corrected chi connectivity index (χ0v) is 11.0. The van der Waals surface area contributed by atoms with Crippen molar-refractivity contribution in [2.45, 2.75) is 57.7 Å². The lowest BCUT2D eigenvalue weighted by molar-refractivity contribution is 0.0771. The molecule has 0 amide bonds. The molecule has 100 valence electrons. The topological polar surface area (TPSA) is 34.4 Å². The molecule has 0 radical (unpaired) electrons. The van der Waals surface area contributed by atoms with Gasteiger partial charge in [0, 0.05) is 24.8 Å². The van der Waals surface area contributed by atoms with Crippen molar-refractivity contribution in [1.82, 2.24) is 5.32 Å². The quantitative estimate of drug-likeness (QED) is 0.805. The fraction of sp³-hybridized carbons (Fsp3) is 0.733. The summed E-state index contributed by atoms with van der Waals surface area (Å²) in [6.07, 6.45) is 9.95. The van der Waals surface area contributed by atoms with Crippen LogP contribution in [0, 0.1) is 5.92 Å². The Kier molecular flexibility index (Phi) is 4.01. The average molecular weight is 249 g/mol. The summed E-state index contributed by atoms with van der Waals surface area (Å²) in [5.74, 6) is 1.75. The summed E-state index contributed by atoms with van der Waals surface area (Å²) in [6.45, 7) is 2.45. The van der Waals surface area contributed by atoms with Crippen molar-refractivity contribution < 1.29 is 9.15 Å².